The van der Waals surface area contributed by atoms with E-state index in [0.717, 1.165) is 17.0 Å². The van der Waals surface area contributed by atoms with E-state index >= 15 is 0 Å². The molecular formula is C30H26BrN3O4S. The van der Waals surface area contributed by atoms with Gasteiger partial charge < -0.3 is 14.2 Å². The number of carbonyl (C=O) groups excluding carboxylic acids is 1. The number of nitrogens with zero attached hydrogens (tertiary/aromatic N) is 2. The highest BCUT2D eigenvalue weighted by Gasteiger charge is 2.36. The lowest BCUT2D eigenvalue weighted by atomic mass is 10.1. The zero-order valence-electron chi connectivity index (χ0n) is 21.7. The summed E-state index contributed by atoms with van der Waals surface area (Å²) in [5.41, 5.74) is 5.00. The maximum absolute atomic E-state index is 12.9. The third kappa shape index (κ3) is 5.65. The highest BCUT2D eigenvalue weighted by molar-refractivity contribution is 9.10. The zero-order chi connectivity index (χ0) is 27.5. The second-order valence-electron chi connectivity index (χ2n) is 8.91. The third-order valence-electron chi connectivity index (χ3n) is 6.32. The fourth-order valence-corrected chi connectivity index (χ4v) is 5.61. The predicted molar refractivity (Wildman–Crippen MR) is 160 cm³/mol. The molecule has 2 aliphatic rings. The van der Waals surface area contributed by atoms with Crippen molar-refractivity contribution in [3.63, 3.8) is 0 Å². The molecule has 0 fully saturated rings. The van der Waals surface area contributed by atoms with E-state index in [9.17, 15) is 4.79 Å². The van der Waals surface area contributed by atoms with Crippen molar-refractivity contribution < 1.29 is 19.0 Å². The lowest BCUT2D eigenvalue weighted by Gasteiger charge is -2.27. The van der Waals surface area contributed by atoms with Crippen LogP contribution in [0.15, 0.2) is 81.1 Å². The van der Waals surface area contributed by atoms with Crippen LogP contribution >= 0.6 is 27.7 Å². The van der Waals surface area contributed by atoms with Crippen molar-refractivity contribution >= 4 is 56.4 Å². The summed E-state index contributed by atoms with van der Waals surface area (Å²) >= 11 is 4.90. The molecule has 9 heteroatoms. The number of amides is 1. The molecule has 0 unspecified atom stereocenters. The Hall–Kier alpha value is -3.82. The van der Waals surface area contributed by atoms with Crippen LogP contribution in [-0.2, 0) is 4.79 Å². The molecule has 5 rings (SSSR count). The first-order valence-electron chi connectivity index (χ1n) is 12.2. The highest BCUT2D eigenvalue weighted by Crippen LogP contribution is 2.39. The number of carbonyl (C=O) groups is 1. The topological polar surface area (TPSA) is 84.2 Å². The number of hydrogen-bond acceptors (Lipinski definition) is 6. The van der Waals surface area contributed by atoms with Crippen LogP contribution in [-0.4, -0.2) is 42.1 Å². The van der Waals surface area contributed by atoms with Crippen LogP contribution < -0.4 is 14.2 Å². The Labute approximate surface area is 239 Å². The Balaban J connectivity index is 1.33. The Bertz CT molecular complexity index is 1550. The van der Waals surface area contributed by atoms with Gasteiger partial charge >= 0.3 is 0 Å². The van der Waals surface area contributed by atoms with Gasteiger partial charge in [0.05, 0.1) is 22.9 Å². The fourth-order valence-electron chi connectivity index (χ4n) is 4.15. The number of thioether (sulfide) groups is 1. The van der Waals surface area contributed by atoms with Gasteiger partial charge in [-0.2, -0.15) is 4.99 Å². The second kappa shape index (κ2) is 11.5. The normalized spacial score (nSPS) is 15.7. The van der Waals surface area contributed by atoms with Crippen LogP contribution in [0.5, 0.6) is 17.2 Å². The molecule has 0 saturated carbocycles. The van der Waals surface area contributed by atoms with Crippen LogP contribution in [0.4, 0.5) is 0 Å². The molecule has 3 aromatic rings. The van der Waals surface area contributed by atoms with Crippen LogP contribution in [0.1, 0.15) is 22.3 Å². The van der Waals surface area contributed by atoms with E-state index in [1.807, 2.05) is 66.9 Å². The predicted octanol–water partition coefficient (Wildman–Crippen LogP) is 6.84. The molecule has 0 aliphatic carbocycles. The summed E-state index contributed by atoms with van der Waals surface area (Å²) in [6.07, 6.45) is 1.65. The van der Waals surface area contributed by atoms with Gasteiger partial charge in [-0.25, -0.2) is 0 Å². The Morgan fingerprint density at radius 2 is 1.79 bits per heavy atom. The molecule has 1 amide bonds. The number of aliphatic imine (C=N–C) groups is 1. The van der Waals surface area contributed by atoms with E-state index in [-0.39, 0.29) is 11.4 Å². The number of rotatable bonds is 8. The minimum atomic E-state index is -0.458. The molecule has 0 spiro atoms. The Morgan fingerprint density at radius 1 is 1.03 bits per heavy atom. The molecular weight excluding hydrogens is 578 g/mol. The number of benzene rings is 3. The van der Waals surface area contributed by atoms with Crippen molar-refractivity contribution in [3.8, 4) is 17.2 Å². The van der Waals surface area contributed by atoms with Gasteiger partial charge in [0.2, 0.25) is 0 Å². The van der Waals surface area contributed by atoms with Gasteiger partial charge in [-0.05, 0) is 82.4 Å². The zero-order valence-corrected chi connectivity index (χ0v) is 24.1. The molecule has 2 aliphatic heterocycles. The number of nitrogens with one attached hydrogen (secondary N) is 1. The quantitative estimate of drug-likeness (QED) is 0.224. The number of methoxy groups -OCH3 is 1. The van der Waals surface area contributed by atoms with Crippen molar-refractivity contribution in [1.82, 2.24) is 4.90 Å². The average Bonchev–Trinajstić information content (AvgIpc) is 3.36. The van der Waals surface area contributed by atoms with Crippen LogP contribution in [0.3, 0.4) is 0 Å². The molecule has 3 aromatic carbocycles. The molecule has 0 saturated heterocycles. The third-order valence-corrected chi connectivity index (χ3v) is 7.74. The molecule has 0 radical (unpaired) electrons. The molecule has 39 heavy (non-hydrogen) atoms. The lowest BCUT2D eigenvalue weighted by Crippen LogP contribution is -2.38. The number of amidine groups is 2. The minimum absolute atomic E-state index is 0.0732. The van der Waals surface area contributed by atoms with Gasteiger partial charge in [0.25, 0.3) is 5.91 Å². The van der Waals surface area contributed by atoms with Gasteiger partial charge in [-0.15, -0.1) is 0 Å². The van der Waals surface area contributed by atoms with Crippen LogP contribution in [0.25, 0.3) is 11.8 Å². The van der Waals surface area contributed by atoms with E-state index in [4.69, 9.17) is 19.6 Å². The van der Waals surface area contributed by atoms with Gasteiger partial charge in [0.15, 0.2) is 16.7 Å². The van der Waals surface area contributed by atoms with E-state index < -0.39 is 5.91 Å². The van der Waals surface area contributed by atoms with Crippen molar-refractivity contribution in [2.24, 2.45) is 4.99 Å². The SMILES string of the molecule is COc1cc(/C=C2/C(=N)N3C(c4ccccc4)=CSC3=NC2=O)cc(Br)c1OCCOc1ccc(C)c(C)c1. The number of halogens is 1. The molecule has 2 heterocycles. The summed E-state index contributed by atoms with van der Waals surface area (Å²) < 4.78 is 18.0. The molecule has 7 nitrogen and oxygen atoms in total. The van der Waals surface area contributed by atoms with E-state index in [1.165, 1.54) is 22.9 Å². The van der Waals surface area contributed by atoms with E-state index in [1.54, 1.807) is 24.2 Å². The van der Waals surface area contributed by atoms with E-state index in [0.29, 0.717) is 39.9 Å². The lowest BCUT2D eigenvalue weighted by molar-refractivity contribution is -0.114. The molecule has 0 aromatic heterocycles. The van der Waals surface area contributed by atoms with Gasteiger partial charge in [0, 0.05) is 5.41 Å². The summed E-state index contributed by atoms with van der Waals surface area (Å²) in [4.78, 5) is 18.8. The molecule has 0 bridgehead atoms. The molecule has 198 valence electrons. The molecule has 0 atom stereocenters. The number of aryl methyl sites for hydroxylation is 2. The van der Waals surface area contributed by atoms with Gasteiger partial charge in [-0.1, -0.05) is 48.2 Å². The first-order valence-corrected chi connectivity index (χ1v) is 13.9. The minimum Gasteiger partial charge on any atom is -0.493 e. The number of ether oxygens (including phenoxy) is 3. The van der Waals surface area contributed by atoms with Gasteiger partial charge in [0.1, 0.15) is 24.8 Å². The fraction of sp³-hybridized carbons (Fsp3) is 0.167. The van der Waals surface area contributed by atoms with Crippen molar-refractivity contribution in [3.05, 3.63) is 98.4 Å². The first kappa shape index (κ1) is 26.8. The monoisotopic (exact) mass is 603 g/mol. The summed E-state index contributed by atoms with van der Waals surface area (Å²) in [7, 11) is 1.56. The molecule has 1 N–H and O–H groups in total. The summed E-state index contributed by atoms with van der Waals surface area (Å²) in [6.45, 7) is 4.78. The van der Waals surface area contributed by atoms with Crippen LogP contribution in [0, 0.1) is 19.3 Å². The van der Waals surface area contributed by atoms with Gasteiger partial charge in [-0.3, -0.25) is 15.1 Å². The van der Waals surface area contributed by atoms with Crippen LogP contribution in [0.2, 0.25) is 0 Å². The summed E-state index contributed by atoms with van der Waals surface area (Å²) in [5.74, 6) is 1.42. The van der Waals surface area contributed by atoms with Crippen molar-refractivity contribution in [1.29, 1.82) is 5.41 Å². The van der Waals surface area contributed by atoms with E-state index in [2.05, 4.69) is 27.8 Å². The largest absolute Gasteiger partial charge is 0.493 e. The Kier molecular flexibility index (Phi) is 7.90. The number of fused-ring (bicyclic) bond motifs is 1. The Morgan fingerprint density at radius 3 is 2.54 bits per heavy atom. The first-order chi connectivity index (χ1) is 18.9. The average molecular weight is 605 g/mol. The van der Waals surface area contributed by atoms with Crippen molar-refractivity contribution in [2.45, 2.75) is 13.8 Å². The highest BCUT2D eigenvalue weighted by atomic mass is 79.9. The maximum Gasteiger partial charge on any atom is 0.283 e. The standard InChI is InChI=1S/C30H26BrN3O4S/c1-18-9-10-22(13-19(18)2)37-11-12-38-27-24(31)15-20(16-26(27)36-3)14-23-28(32)34-25(21-7-5-4-6-8-21)17-39-30(34)33-29(23)35/h4-10,13-17,32H,11-12H2,1-3H3/b23-14-,32-28?. The summed E-state index contributed by atoms with van der Waals surface area (Å²) in [6, 6.07) is 19.3. The second-order valence-corrected chi connectivity index (χ2v) is 10.6. The summed E-state index contributed by atoms with van der Waals surface area (Å²) in [5, 5.41) is 11.2. The smallest absolute Gasteiger partial charge is 0.283 e. The number of hydrogen-bond donors (Lipinski definition) is 1. The maximum atomic E-state index is 12.9. The van der Waals surface area contributed by atoms with Crippen molar-refractivity contribution in [2.75, 3.05) is 20.3 Å².